The van der Waals surface area contributed by atoms with Crippen LogP contribution in [-0.4, -0.2) is 106 Å². The molecule has 160 valence electrons. The third-order valence-electron chi connectivity index (χ3n) is 6.68. The van der Waals surface area contributed by atoms with E-state index in [0.29, 0.717) is 65.1 Å². The molecule has 0 saturated carbocycles. The lowest BCUT2D eigenvalue weighted by Crippen LogP contribution is -3.12. The molecule has 4 fully saturated rings. The molecule has 0 aromatic heterocycles. The van der Waals surface area contributed by atoms with E-state index < -0.39 is 16.0 Å². The van der Waals surface area contributed by atoms with Gasteiger partial charge in [0.05, 0.1) is 46.4 Å². The molecule has 1 spiro atoms. The van der Waals surface area contributed by atoms with Gasteiger partial charge in [-0.25, -0.2) is 0 Å². The molecule has 0 unspecified atom stereocenters. The third kappa shape index (κ3) is 4.08. The Hall–Kier alpha value is -0.780. The maximum absolute atomic E-state index is 13.0. The summed E-state index contributed by atoms with van der Waals surface area (Å²) in [6.07, 6.45) is 2.38. The van der Waals surface area contributed by atoms with Gasteiger partial charge in [0.15, 0.2) is 5.79 Å². The number of carbonyl (C=O) groups excluding carboxylic acids is 1. The van der Waals surface area contributed by atoms with Crippen molar-refractivity contribution < 1.29 is 27.6 Å². The van der Waals surface area contributed by atoms with E-state index in [0.717, 1.165) is 26.2 Å². The molecule has 0 atom stereocenters. The Bertz CT molecular complexity index is 655. The number of amides is 1. The van der Waals surface area contributed by atoms with Gasteiger partial charge in [-0.05, 0) is 12.8 Å². The van der Waals surface area contributed by atoms with Gasteiger partial charge in [-0.3, -0.25) is 4.79 Å². The van der Waals surface area contributed by atoms with Crippen molar-refractivity contribution in [3.63, 3.8) is 0 Å². The molecule has 0 bridgehead atoms. The molecule has 1 N–H and O–H groups in total. The third-order valence-corrected chi connectivity index (χ3v) is 8.72. The fourth-order valence-electron chi connectivity index (χ4n) is 4.71. The molecule has 0 aliphatic carbocycles. The first kappa shape index (κ1) is 20.5. The first-order chi connectivity index (χ1) is 13.4. The average Bonchev–Trinajstić information content (AvgIpc) is 3.16. The van der Waals surface area contributed by atoms with E-state index in [1.165, 1.54) is 4.90 Å². The van der Waals surface area contributed by atoms with Crippen LogP contribution in [0.3, 0.4) is 0 Å². The van der Waals surface area contributed by atoms with Gasteiger partial charge in [-0.1, -0.05) is 0 Å². The van der Waals surface area contributed by atoms with Crippen LogP contribution >= 0.6 is 0 Å². The quantitative estimate of drug-likeness (QED) is 0.582. The van der Waals surface area contributed by atoms with Crippen LogP contribution in [0.15, 0.2) is 0 Å². The number of likely N-dealkylation sites (N-methyl/N-ethyl adjacent to an activating group) is 1. The maximum Gasteiger partial charge on any atom is 0.281 e. The lowest BCUT2D eigenvalue weighted by Gasteiger charge is -2.40. The smallest absolute Gasteiger partial charge is 0.281 e. The fraction of sp³-hybridized carbons (Fsp3) is 0.944. The van der Waals surface area contributed by atoms with Crippen molar-refractivity contribution in [1.29, 1.82) is 0 Å². The summed E-state index contributed by atoms with van der Waals surface area (Å²) in [5.74, 6) is -0.412. The van der Waals surface area contributed by atoms with Gasteiger partial charge in [0, 0.05) is 44.9 Å². The Kier molecular flexibility index (Phi) is 5.97. The first-order valence-electron chi connectivity index (χ1n) is 10.5. The number of piperazine rings is 1. The molecule has 4 rings (SSSR count). The van der Waals surface area contributed by atoms with Gasteiger partial charge in [0.25, 0.3) is 10.2 Å². The zero-order chi connectivity index (χ0) is 19.8. The van der Waals surface area contributed by atoms with E-state index in [2.05, 4.69) is 7.05 Å². The van der Waals surface area contributed by atoms with Crippen LogP contribution in [0.2, 0.25) is 0 Å². The second-order valence-electron chi connectivity index (χ2n) is 8.47. The molecule has 4 heterocycles. The van der Waals surface area contributed by atoms with Crippen molar-refractivity contribution in [1.82, 2.24) is 13.5 Å². The predicted molar refractivity (Wildman–Crippen MR) is 102 cm³/mol. The predicted octanol–water partition coefficient (Wildman–Crippen LogP) is -1.86. The summed E-state index contributed by atoms with van der Waals surface area (Å²) >= 11 is 0. The Morgan fingerprint density at radius 1 is 0.929 bits per heavy atom. The van der Waals surface area contributed by atoms with E-state index >= 15 is 0 Å². The number of hydrogen-bond donors (Lipinski definition) is 1. The molecule has 4 aliphatic rings. The van der Waals surface area contributed by atoms with Crippen molar-refractivity contribution in [2.75, 3.05) is 72.6 Å². The van der Waals surface area contributed by atoms with Gasteiger partial charge in [0.2, 0.25) is 5.91 Å². The number of piperidine rings is 2. The summed E-state index contributed by atoms with van der Waals surface area (Å²) in [4.78, 5) is 16.2. The van der Waals surface area contributed by atoms with E-state index in [4.69, 9.17) is 9.47 Å². The Labute approximate surface area is 167 Å². The number of rotatable bonds is 3. The van der Waals surface area contributed by atoms with Crippen LogP contribution in [0.25, 0.3) is 0 Å². The lowest BCUT2D eigenvalue weighted by atomic mass is 9.96. The van der Waals surface area contributed by atoms with Crippen LogP contribution in [0.5, 0.6) is 0 Å². The first-order valence-corrected chi connectivity index (χ1v) is 11.9. The summed E-state index contributed by atoms with van der Waals surface area (Å²) in [7, 11) is -1.33. The van der Waals surface area contributed by atoms with E-state index in [9.17, 15) is 13.2 Å². The molecule has 0 aromatic rings. The molecule has 0 aromatic carbocycles. The minimum absolute atomic E-state index is 0.0465. The minimum Gasteiger partial charge on any atom is -0.347 e. The Morgan fingerprint density at radius 2 is 1.46 bits per heavy atom. The van der Waals surface area contributed by atoms with Crippen LogP contribution < -0.4 is 4.90 Å². The van der Waals surface area contributed by atoms with Gasteiger partial charge >= 0.3 is 0 Å². The molecule has 4 aliphatic heterocycles. The van der Waals surface area contributed by atoms with Crippen LogP contribution in [0, 0.1) is 5.92 Å². The highest BCUT2D eigenvalue weighted by atomic mass is 32.2. The Balaban J connectivity index is 1.29. The highest BCUT2D eigenvalue weighted by Crippen LogP contribution is 2.33. The molecule has 10 heteroatoms. The molecule has 28 heavy (non-hydrogen) atoms. The highest BCUT2D eigenvalue weighted by molar-refractivity contribution is 7.86. The Morgan fingerprint density at radius 3 is 2.04 bits per heavy atom. The summed E-state index contributed by atoms with van der Waals surface area (Å²) in [6, 6.07) is 0. The van der Waals surface area contributed by atoms with Crippen LogP contribution in [0.4, 0.5) is 0 Å². The fourth-order valence-corrected chi connectivity index (χ4v) is 6.35. The van der Waals surface area contributed by atoms with Crippen molar-refractivity contribution in [3.8, 4) is 0 Å². The molecule has 0 radical (unpaired) electrons. The minimum atomic E-state index is -3.49. The summed E-state index contributed by atoms with van der Waals surface area (Å²) in [5, 5.41) is 0. The molecule has 1 amide bonds. The lowest BCUT2D eigenvalue weighted by molar-refractivity contribution is -0.883. The number of nitrogens with one attached hydrogen (secondary N) is 1. The van der Waals surface area contributed by atoms with E-state index in [-0.39, 0.29) is 11.8 Å². The zero-order valence-corrected chi connectivity index (χ0v) is 17.6. The molecule has 9 nitrogen and oxygen atoms in total. The average molecular weight is 418 g/mol. The van der Waals surface area contributed by atoms with E-state index in [1.807, 2.05) is 4.90 Å². The molecule has 4 saturated heterocycles. The van der Waals surface area contributed by atoms with Crippen molar-refractivity contribution in [2.45, 2.75) is 31.5 Å². The number of carbonyl (C=O) groups is 1. The molecular formula is C18H33N4O5S+. The number of ether oxygens (including phenoxy) is 2. The van der Waals surface area contributed by atoms with Gasteiger partial charge in [-0.15, -0.1) is 0 Å². The second-order valence-corrected chi connectivity index (χ2v) is 10.4. The SMILES string of the molecule is C[NH+]1CCN(C(=O)C2CCN(S(=O)(=O)N3CCC4(CC3)OCCO4)CC2)CC1. The summed E-state index contributed by atoms with van der Waals surface area (Å²) < 4.78 is 40.5. The second kappa shape index (κ2) is 8.16. The van der Waals surface area contributed by atoms with Crippen molar-refractivity contribution >= 4 is 16.1 Å². The van der Waals surface area contributed by atoms with E-state index in [1.54, 1.807) is 8.61 Å². The maximum atomic E-state index is 13.0. The molecular weight excluding hydrogens is 384 g/mol. The summed E-state index contributed by atoms with van der Waals surface area (Å²) in [5.41, 5.74) is 0. The monoisotopic (exact) mass is 417 g/mol. The standard InChI is InChI=1S/C18H32N4O5S/c1-19-10-12-20(13-11-19)17(23)16-2-6-21(7-3-16)28(24,25)22-8-4-18(5-9-22)26-14-15-27-18/h16H,2-15H2,1H3/p+1. The van der Waals surface area contributed by atoms with Gasteiger partial charge < -0.3 is 19.3 Å². The number of quaternary nitrogens is 1. The van der Waals surface area contributed by atoms with Crippen molar-refractivity contribution in [3.05, 3.63) is 0 Å². The largest absolute Gasteiger partial charge is 0.347 e. The normalized spacial score (nSPS) is 28.8. The zero-order valence-electron chi connectivity index (χ0n) is 16.8. The topological polar surface area (TPSA) is 83.8 Å². The number of nitrogens with zero attached hydrogens (tertiary/aromatic N) is 3. The highest BCUT2D eigenvalue weighted by Gasteiger charge is 2.44. The van der Waals surface area contributed by atoms with Crippen LogP contribution in [-0.2, 0) is 24.5 Å². The number of hydrogen-bond acceptors (Lipinski definition) is 5. The van der Waals surface area contributed by atoms with Crippen molar-refractivity contribution in [2.24, 2.45) is 5.92 Å². The van der Waals surface area contributed by atoms with Gasteiger partial charge in [-0.2, -0.15) is 17.0 Å². The van der Waals surface area contributed by atoms with Crippen LogP contribution in [0.1, 0.15) is 25.7 Å². The summed E-state index contributed by atoms with van der Waals surface area (Å²) in [6.45, 7) is 6.46. The van der Waals surface area contributed by atoms with Gasteiger partial charge in [0.1, 0.15) is 0 Å².